The zero-order chi connectivity index (χ0) is 13.8. The molecule has 1 saturated carbocycles. The Bertz CT molecular complexity index is 291. The summed E-state index contributed by atoms with van der Waals surface area (Å²) in [7, 11) is 2.19. The van der Waals surface area contributed by atoms with Crippen LogP contribution in [0.15, 0.2) is 0 Å². The predicted molar refractivity (Wildman–Crippen MR) is 76.3 cm³/mol. The van der Waals surface area contributed by atoms with E-state index in [4.69, 9.17) is 0 Å². The summed E-state index contributed by atoms with van der Waals surface area (Å²) in [6.45, 7) is 9.62. The van der Waals surface area contributed by atoms with Gasteiger partial charge in [0.1, 0.15) is 5.54 Å². The maximum atomic E-state index is 9.37. The van der Waals surface area contributed by atoms with E-state index in [1.54, 1.807) is 0 Å². The Balaban J connectivity index is 2.44. The van der Waals surface area contributed by atoms with E-state index in [2.05, 4.69) is 44.1 Å². The third-order valence-electron chi connectivity index (χ3n) is 4.08. The van der Waals surface area contributed by atoms with Gasteiger partial charge in [-0.3, -0.25) is 5.32 Å². The molecule has 0 aromatic rings. The molecule has 104 valence electrons. The van der Waals surface area contributed by atoms with E-state index in [1.165, 1.54) is 25.8 Å². The molecule has 3 heteroatoms. The van der Waals surface area contributed by atoms with Crippen molar-refractivity contribution in [3.05, 3.63) is 0 Å². The number of hydrogen-bond acceptors (Lipinski definition) is 3. The fourth-order valence-electron chi connectivity index (χ4n) is 2.78. The minimum Gasteiger partial charge on any atom is -0.303 e. The van der Waals surface area contributed by atoms with Crippen LogP contribution >= 0.6 is 0 Å². The van der Waals surface area contributed by atoms with Crippen molar-refractivity contribution in [3.63, 3.8) is 0 Å². The molecule has 3 nitrogen and oxygen atoms in total. The van der Waals surface area contributed by atoms with Crippen molar-refractivity contribution in [1.82, 2.24) is 10.2 Å². The lowest BCUT2D eigenvalue weighted by atomic mass is 9.84. The first-order chi connectivity index (χ1) is 8.36. The SMILES string of the molecule is CC(C)NC(C)(C#N)CC(C)N(C)CC1CCC1. The summed E-state index contributed by atoms with van der Waals surface area (Å²) >= 11 is 0. The van der Waals surface area contributed by atoms with Gasteiger partial charge in [-0.1, -0.05) is 6.42 Å². The molecule has 18 heavy (non-hydrogen) atoms. The van der Waals surface area contributed by atoms with Gasteiger partial charge in [0.2, 0.25) is 0 Å². The first-order valence-corrected chi connectivity index (χ1v) is 7.25. The van der Waals surface area contributed by atoms with Crippen LogP contribution < -0.4 is 5.32 Å². The molecular formula is C15H29N3. The molecule has 0 bridgehead atoms. The molecule has 0 aromatic heterocycles. The summed E-state index contributed by atoms with van der Waals surface area (Å²) < 4.78 is 0. The van der Waals surface area contributed by atoms with Gasteiger partial charge in [-0.2, -0.15) is 5.26 Å². The highest BCUT2D eigenvalue weighted by Gasteiger charge is 2.29. The van der Waals surface area contributed by atoms with E-state index in [-0.39, 0.29) is 0 Å². The quantitative estimate of drug-likeness (QED) is 0.756. The molecule has 0 radical (unpaired) electrons. The van der Waals surface area contributed by atoms with Crippen molar-refractivity contribution in [3.8, 4) is 6.07 Å². The summed E-state index contributed by atoms with van der Waals surface area (Å²) in [6, 6.07) is 3.23. The zero-order valence-electron chi connectivity index (χ0n) is 12.7. The Morgan fingerprint density at radius 1 is 1.39 bits per heavy atom. The highest BCUT2D eigenvalue weighted by Crippen LogP contribution is 2.28. The number of hydrogen-bond donors (Lipinski definition) is 1. The molecule has 1 aliphatic rings. The second-order valence-electron chi connectivity index (χ2n) is 6.53. The molecule has 1 fully saturated rings. The van der Waals surface area contributed by atoms with E-state index in [9.17, 15) is 5.26 Å². The van der Waals surface area contributed by atoms with E-state index < -0.39 is 5.54 Å². The molecule has 0 spiro atoms. The molecule has 1 N–H and O–H groups in total. The molecule has 1 rings (SSSR count). The summed E-state index contributed by atoms with van der Waals surface area (Å²) in [5.74, 6) is 0.892. The Labute approximate surface area is 113 Å². The number of nitrogens with zero attached hydrogens (tertiary/aromatic N) is 2. The fourth-order valence-corrected chi connectivity index (χ4v) is 2.78. The normalized spacial score (nSPS) is 21.4. The third-order valence-corrected chi connectivity index (χ3v) is 4.08. The topological polar surface area (TPSA) is 39.1 Å². The summed E-state index contributed by atoms with van der Waals surface area (Å²) in [4.78, 5) is 2.42. The maximum absolute atomic E-state index is 9.37. The van der Waals surface area contributed by atoms with Gasteiger partial charge in [-0.05, 0) is 59.9 Å². The molecule has 0 aromatic carbocycles. The summed E-state index contributed by atoms with van der Waals surface area (Å²) in [5, 5.41) is 12.8. The lowest BCUT2D eigenvalue weighted by molar-refractivity contribution is 0.149. The molecule has 0 saturated heterocycles. The fraction of sp³-hybridized carbons (Fsp3) is 0.933. The van der Waals surface area contributed by atoms with Gasteiger partial charge in [0.25, 0.3) is 0 Å². The van der Waals surface area contributed by atoms with Crippen LogP contribution in [0.25, 0.3) is 0 Å². The number of rotatable bonds is 7. The van der Waals surface area contributed by atoms with E-state index in [0.717, 1.165) is 12.3 Å². The Hall–Kier alpha value is -0.590. The summed E-state index contributed by atoms with van der Waals surface area (Å²) in [5.41, 5.74) is -0.415. The minimum atomic E-state index is -0.415. The average Bonchev–Trinajstić information content (AvgIpc) is 2.21. The van der Waals surface area contributed by atoms with E-state index in [0.29, 0.717) is 12.1 Å². The second kappa shape index (κ2) is 6.54. The maximum Gasteiger partial charge on any atom is 0.105 e. The van der Waals surface area contributed by atoms with Crippen LogP contribution in [0.3, 0.4) is 0 Å². The molecule has 1 aliphatic carbocycles. The van der Waals surface area contributed by atoms with Crippen molar-refractivity contribution in [2.45, 2.75) is 71.0 Å². The monoisotopic (exact) mass is 251 g/mol. The highest BCUT2D eigenvalue weighted by atomic mass is 15.1. The summed E-state index contributed by atoms with van der Waals surface area (Å²) in [6.07, 6.45) is 5.05. The third kappa shape index (κ3) is 4.59. The first-order valence-electron chi connectivity index (χ1n) is 7.25. The van der Waals surface area contributed by atoms with Crippen molar-refractivity contribution in [2.24, 2.45) is 5.92 Å². The van der Waals surface area contributed by atoms with Crippen LogP contribution in [0.4, 0.5) is 0 Å². The van der Waals surface area contributed by atoms with E-state index >= 15 is 0 Å². The standard InChI is InChI=1S/C15H29N3/c1-12(2)17-15(4,11-16)9-13(3)18(5)10-14-7-6-8-14/h12-14,17H,6-10H2,1-5H3. The van der Waals surface area contributed by atoms with Crippen LogP contribution in [-0.4, -0.2) is 36.1 Å². The van der Waals surface area contributed by atoms with Gasteiger partial charge in [-0.15, -0.1) is 0 Å². The van der Waals surface area contributed by atoms with Crippen LogP contribution in [-0.2, 0) is 0 Å². The van der Waals surface area contributed by atoms with Gasteiger partial charge in [0.15, 0.2) is 0 Å². The van der Waals surface area contributed by atoms with Crippen LogP contribution in [0, 0.1) is 17.2 Å². The van der Waals surface area contributed by atoms with Gasteiger partial charge in [0, 0.05) is 18.6 Å². The second-order valence-corrected chi connectivity index (χ2v) is 6.53. The zero-order valence-corrected chi connectivity index (χ0v) is 12.7. The molecule has 2 atom stereocenters. The molecule has 0 aliphatic heterocycles. The van der Waals surface area contributed by atoms with Gasteiger partial charge < -0.3 is 4.90 Å². The van der Waals surface area contributed by atoms with Crippen molar-refractivity contribution in [1.29, 1.82) is 5.26 Å². The molecular weight excluding hydrogens is 222 g/mol. The van der Waals surface area contributed by atoms with Crippen LogP contribution in [0.5, 0.6) is 0 Å². The highest BCUT2D eigenvalue weighted by molar-refractivity contribution is 5.06. The minimum absolute atomic E-state index is 0.346. The van der Waals surface area contributed by atoms with Crippen LogP contribution in [0.1, 0.15) is 53.4 Å². The van der Waals surface area contributed by atoms with Crippen LogP contribution in [0.2, 0.25) is 0 Å². The van der Waals surface area contributed by atoms with Crippen molar-refractivity contribution < 1.29 is 0 Å². The lowest BCUT2D eigenvalue weighted by Gasteiger charge is -2.36. The first kappa shape index (κ1) is 15.5. The number of nitrogens with one attached hydrogen (secondary N) is 1. The molecule has 0 amide bonds. The smallest absolute Gasteiger partial charge is 0.105 e. The molecule has 0 heterocycles. The van der Waals surface area contributed by atoms with E-state index in [1.807, 2.05) is 6.92 Å². The Morgan fingerprint density at radius 2 is 2.00 bits per heavy atom. The van der Waals surface area contributed by atoms with Gasteiger partial charge in [0.05, 0.1) is 6.07 Å². The number of nitriles is 1. The van der Waals surface area contributed by atoms with Crippen molar-refractivity contribution in [2.75, 3.05) is 13.6 Å². The Morgan fingerprint density at radius 3 is 2.39 bits per heavy atom. The predicted octanol–water partition coefficient (Wildman–Crippen LogP) is 2.78. The van der Waals surface area contributed by atoms with Gasteiger partial charge >= 0.3 is 0 Å². The van der Waals surface area contributed by atoms with Crippen molar-refractivity contribution >= 4 is 0 Å². The van der Waals surface area contributed by atoms with Gasteiger partial charge in [-0.25, -0.2) is 0 Å². The largest absolute Gasteiger partial charge is 0.303 e. The lowest BCUT2D eigenvalue weighted by Crippen LogP contribution is -2.49. The average molecular weight is 251 g/mol. The Kier molecular flexibility index (Phi) is 5.62. The molecule has 2 unspecified atom stereocenters.